The molecule has 0 aromatic rings. The zero-order valence-electron chi connectivity index (χ0n) is 11.6. The van der Waals surface area contributed by atoms with Gasteiger partial charge in [-0.25, -0.2) is 0 Å². The number of carbonyl (C=O) groups is 1. The Hall–Kier alpha value is -0.610. The van der Waals surface area contributed by atoms with Crippen LogP contribution in [0.4, 0.5) is 0 Å². The number of nitrogens with zero attached hydrogens (tertiary/aromatic N) is 2. The zero-order valence-corrected chi connectivity index (χ0v) is 11.6. The lowest BCUT2D eigenvalue weighted by molar-refractivity contribution is -0.143. The summed E-state index contributed by atoms with van der Waals surface area (Å²) < 4.78 is 0. The summed E-state index contributed by atoms with van der Waals surface area (Å²) in [7, 11) is 0. The molecule has 3 aliphatic heterocycles. The van der Waals surface area contributed by atoms with Crippen molar-refractivity contribution in [2.75, 3.05) is 32.7 Å². The summed E-state index contributed by atoms with van der Waals surface area (Å²) in [5.41, 5.74) is 0. The zero-order chi connectivity index (χ0) is 12.7. The molecule has 0 aromatic carbocycles. The number of hydrogen-bond acceptors (Lipinski definition) is 3. The van der Waals surface area contributed by atoms with Gasteiger partial charge in [0, 0.05) is 31.1 Å². The highest BCUT2D eigenvalue weighted by molar-refractivity contribution is 5.79. The van der Waals surface area contributed by atoms with Gasteiger partial charge in [-0.05, 0) is 45.3 Å². The molecule has 3 fully saturated rings. The van der Waals surface area contributed by atoms with Gasteiger partial charge in [-0.3, -0.25) is 9.69 Å². The largest absolute Gasteiger partial charge is 0.337 e. The Morgan fingerprint density at radius 2 is 2.11 bits per heavy atom. The number of rotatable bonds is 2. The van der Waals surface area contributed by atoms with Crippen LogP contribution in [0.1, 0.15) is 26.7 Å². The smallest absolute Gasteiger partial charge is 0.226 e. The molecule has 0 aliphatic carbocycles. The molecule has 3 rings (SSSR count). The van der Waals surface area contributed by atoms with Crippen LogP contribution in [-0.2, 0) is 4.79 Å². The lowest BCUT2D eigenvalue weighted by Crippen LogP contribution is -2.59. The first kappa shape index (κ1) is 12.4. The van der Waals surface area contributed by atoms with Gasteiger partial charge in [0.15, 0.2) is 0 Å². The molecule has 0 spiro atoms. The average Bonchev–Trinajstić information content (AvgIpc) is 2.71. The highest BCUT2D eigenvalue weighted by atomic mass is 16.2. The van der Waals surface area contributed by atoms with Crippen LogP contribution in [0, 0.1) is 11.8 Å². The summed E-state index contributed by atoms with van der Waals surface area (Å²) in [6.07, 6.45) is 2.58. The van der Waals surface area contributed by atoms with Crippen molar-refractivity contribution in [3.05, 3.63) is 0 Å². The van der Waals surface area contributed by atoms with E-state index in [1.54, 1.807) is 0 Å². The normalized spacial score (nSPS) is 35.1. The van der Waals surface area contributed by atoms with Crippen LogP contribution in [0.25, 0.3) is 0 Å². The lowest BCUT2D eigenvalue weighted by Gasteiger charge is -2.44. The fourth-order valence-corrected chi connectivity index (χ4v) is 3.62. The minimum absolute atomic E-state index is 0.196. The fraction of sp³-hybridized carbons (Fsp3) is 0.929. The topological polar surface area (TPSA) is 35.6 Å². The number of hydrogen-bond donors (Lipinski definition) is 1. The second kappa shape index (κ2) is 4.82. The number of piperazine rings is 1. The molecule has 0 radical (unpaired) electrons. The standard InChI is InChI=1S/C14H25N3O/c1-10-8-16-5-3-4-13(16)9-17(10)14(18)11(2)12-6-15-7-12/h10-13,15H,3-9H2,1-2H3. The molecule has 0 bridgehead atoms. The van der Waals surface area contributed by atoms with Crippen LogP contribution < -0.4 is 5.32 Å². The van der Waals surface area contributed by atoms with Crippen molar-refractivity contribution in [3.63, 3.8) is 0 Å². The van der Waals surface area contributed by atoms with E-state index in [4.69, 9.17) is 0 Å². The average molecular weight is 251 g/mol. The van der Waals surface area contributed by atoms with Crippen LogP contribution in [0.3, 0.4) is 0 Å². The third-order valence-corrected chi connectivity index (χ3v) is 5.13. The van der Waals surface area contributed by atoms with Gasteiger partial charge in [-0.15, -0.1) is 0 Å². The first-order valence-corrected chi connectivity index (χ1v) is 7.42. The first-order valence-electron chi connectivity index (χ1n) is 7.42. The van der Waals surface area contributed by atoms with Gasteiger partial charge in [0.25, 0.3) is 0 Å². The van der Waals surface area contributed by atoms with Crippen molar-refractivity contribution in [3.8, 4) is 0 Å². The van der Waals surface area contributed by atoms with E-state index in [0.717, 1.165) is 26.2 Å². The molecule has 3 aliphatic rings. The molecular weight excluding hydrogens is 226 g/mol. The number of nitrogens with one attached hydrogen (secondary N) is 1. The van der Waals surface area contributed by atoms with Crippen molar-refractivity contribution >= 4 is 5.91 Å². The van der Waals surface area contributed by atoms with E-state index in [0.29, 0.717) is 23.9 Å². The monoisotopic (exact) mass is 251 g/mol. The van der Waals surface area contributed by atoms with E-state index < -0.39 is 0 Å². The molecule has 102 valence electrons. The van der Waals surface area contributed by atoms with Crippen molar-refractivity contribution < 1.29 is 4.79 Å². The SMILES string of the molecule is CC(C(=O)N1CC2CCCN2CC1C)C1CNC1. The second-order valence-corrected chi connectivity index (χ2v) is 6.34. The summed E-state index contributed by atoms with van der Waals surface area (Å²) in [5.74, 6) is 1.15. The molecule has 1 N–H and O–H groups in total. The van der Waals surface area contributed by atoms with Crippen molar-refractivity contribution in [1.29, 1.82) is 0 Å². The van der Waals surface area contributed by atoms with Crippen molar-refractivity contribution in [2.45, 2.75) is 38.8 Å². The highest BCUT2D eigenvalue weighted by Crippen LogP contribution is 2.27. The van der Waals surface area contributed by atoms with Crippen molar-refractivity contribution in [1.82, 2.24) is 15.1 Å². The van der Waals surface area contributed by atoms with E-state index in [1.165, 1.54) is 19.4 Å². The molecule has 0 saturated carbocycles. The van der Waals surface area contributed by atoms with Gasteiger partial charge in [0.05, 0.1) is 0 Å². The van der Waals surface area contributed by atoms with Crippen LogP contribution in [-0.4, -0.2) is 60.5 Å². The van der Waals surface area contributed by atoms with E-state index >= 15 is 0 Å². The van der Waals surface area contributed by atoms with Crippen LogP contribution >= 0.6 is 0 Å². The molecule has 4 nitrogen and oxygen atoms in total. The minimum Gasteiger partial charge on any atom is -0.337 e. The molecule has 0 aromatic heterocycles. The van der Waals surface area contributed by atoms with E-state index in [-0.39, 0.29) is 5.92 Å². The maximum atomic E-state index is 12.6. The van der Waals surface area contributed by atoms with E-state index in [9.17, 15) is 4.79 Å². The lowest BCUT2D eigenvalue weighted by atomic mass is 9.87. The van der Waals surface area contributed by atoms with Gasteiger partial charge in [0.1, 0.15) is 0 Å². The Morgan fingerprint density at radius 3 is 2.78 bits per heavy atom. The number of carbonyl (C=O) groups excluding carboxylic acids is 1. The van der Waals surface area contributed by atoms with Crippen LogP contribution in [0.15, 0.2) is 0 Å². The fourth-order valence-electron chi connectivity index (χ4n) is 3.62. The predicted octanol–water partition coefficient (Wildman–Crippen LogP) is 0.537. The molecule has 1 amide bonds. The van der Waals surface area contributed by atoms with Gasteiger partial charge < -0.3 is 10.2 Å². The molecular formula is C14H25N3O. The summed E-state index contributed by atoms with van der Waals surface area (Å²) >= 11 is 0. The number of fused-ring (bicyclic) bond motifs is 1. The predicted molar refractivity (Wildman–Crippen MR) is 71.3 cm³/mol. The Labute approximate surface area is 110 Å². The van der Waals surface area contributed by atoms with E-state index in [1.807, 2.05) is 0 Å². The molecule has 3 atom stereocenters. The molecule has 3 heterocycles. The summed E-state index contributed by atoms with van der Waals surface area (Å²) in [6, 6.07) is 1.03. The maximum Gasteiger partial charge on any atom is 0.226 e. The minimum atomic E-state index is 0.196. The van der Waals surface area contributed by atoms with Gasteiger partial charge in [0.2, 0.25) is 5.91 Å². The first-order chi connectivity index (χ1) is 8.66. The molecule has 3 saturated heterocycles. The van der Waals surface area contributed by atoms with Crippen molar-refractivity contribution in [2.24, 2.45) is 11.8 Å². The summed E-state index contributed by atoms with van der Waals surface area (Å²) in [4.78, 5) is 17.3. The number of amides is 1. The van der Waals surface area contributed by atoms with Gasteiger partial charge in [-0.1, -0.05) is 6.92 Å². The molecule has 18 heavy (non-hydrogen) atoms. The quantitative estimate of drug-likeness (QED) is 0.778. The summed E-state index contributed by atoms with van der Waals surface area (Å²) in [6.45, 7) is 9.63. The summed E-state index contributed by atoms with van der Waals surface area (Å²) in [5, 5.41) is 3.27. The van der Waals surface area contributed by atoms with Gasteiger partial charge in [-0.2, -0.15) is 0 Å². The second-order valence-electron chi connectivity index (χ2n) is 6.34. The van der Waals surface area contributed by atoms with Gasteiger partial charge >= 0.3 is 0 Å². The third kappa shape index (κ3) is 2.05. The van der Waals surface area contributed by atoms with E-state index in [2.05, 4.69) is 29.0 Å². The highest BCUT2D eigenvalue weighted by Gasteiger charge is 2.39. The third-order valence-electron chi connectivity index (χ3n) is 5.13. The Balaban J connectivity index is 1.65. The van der Waals surface area contributed by atoms with Crippen LogP contribution in [0.5, 0.6) is 0 Å². The Morgan fingerprint density at radius 1 is 1.33 bits per heavy atom. The Kier molecular flexibility index (Phi) is 3.32. The van der Waals surface area contributed by atoms with Crippen LogP contribution in [0.2, 0.25) is 0 Å². The Bertz CT molecular complexity index is 329. The molecule has 3 unspecified atom stereocenters. The molecule has 4 heteroatoms. The maximum absolute atomic E-state index is 12.6.